The lowest BCUT2D eigenvalue weighted by atomic mass is 10.0. The van der Waals surface area contributed by atoms with E-state index >= 15 is 0 Å². The Bertz CT molecular complexity index is 562. The van der Waals surface area contributed by atoms with Gasteiger partial charge in [0.25, 0.3) is 0 Å². The predicted octanol–water partition coefficient (Wildman–Crippen LogP) is 1.85. The molecule has 1 unspecified atom stereocenters. The van der Waals surface area contributed by atoms with Crippen LogP contribution in [0.5, 0.6) is 0 Å². The minimum atomic E-state index is -0.233. The van der Waals surface area contributed by atoms with E-state index in [-0.39, 0.29) is 23.7 Å². The average Bonchev–Trinajstić information content (AvgIpc) is 3.01. The number of carbonyl (C=O) groups excluding carboxylic acids is 1. The standard InChI is InChI=1S/C15H21ClN4O2/c1-19-12-8-17-15(16)18-13(12)20(11-4-2-3-5-11)9-10(6-7-21)14(19)22/h8,10-11,21H,2-7,9H2,1H3. The fourth-order valence-electron chi connectivity index (χ4n) is 3.50. The van der Waals surface area contributed by atoms with Crippen LogP contribution in [0.25, 0.3) is 0 Å². The molecule has 0 bridgehead atoms. The highest BCUT2D eigenvalue weighted by Crippen LogP contribution is 2.37. The van der Waals surface area contributed by atoms with Crippen molar-refractivity contribution in [3.63, 3.8) is 0 Å². The summed E-state index contributed by atoms with van der Waals surface area (Å²) in [5.41, 5.74) is 0.696. The molecule has 1 amide bonds. The zero-order valence-electron chi connectivity index (χ0n) is 12.7. The van der Waals surface area contributed by atoms with Crippen LogP contribution >= 0.6 is 11.6 Å². The minimum Gasteiger partial charge on any atom is -0.396 e. The largest absolute Gasteiger partial charge is 0.396 e. The predicted molar refractivity (Wildman–Crippen MR) is 85.2 cm³/mol. The second kappa shape index (κ2) is 6.38. The third-order valence-electron chi connectivity index (χ3n) is 4.69. The van der Waals surface area contributed by atoms with Crippen LogP contribution in [0.1, 0.15) is 32.1 Å². The Morgan fingerprint density at radius 3 is 2.82 bits per heavy atom. The first kappa shape index (κ1) is 15.5. The van der Waals surface area contributed by atoms with Crippen LogP contribution < -0.4 is 9.80 Å². The van der Waals surface area contributed by atoms with E-state index in [0.29, 0.717) is 24.7 Å². The van der Waals surface area contributed by atoms with Crippen molar-refractivity contribution in [2.75, 3.05) is 30.0 Å². The molecule has 1 aliphatic heterocycles. The van der Waals surface area contributed by atoms with Gasteiger partial charge >= 0.3 is 0 Å². The van der Waals surface area contributed by atoms with E-state index in [9.17, 15) is 9.90 Å². The van der Waals surface area contributed by atoms with E-state index in [2.05, 4.69) is 14.9 Å². The number of aliphatic hydroxyl groups excluding tert-OH is 1. The number of carbonyl (C=O) groups is 1. The summed E-state index contributed by atoms with van der Waals surface area (Å²) >= 11 is 5.99. The van der Waals surface area contributed by atoms with Gasteiger partial charge in [0.2, 0.25) is 11.2 Å². The normalized spacial score (nSPS) is 22.9. The van der Waals surface area contributed by atoms with Crippen molar-refractivity contribution < 1.29 is 9.90 Å². The number of aromatic nitrogens is 2. The molecule has 1 aromatic rings. The summed E-state index contributed by atoms with van der Waals surface area (Å²) in [4.78, 5) is 24.9. The molecule has 0 radical (unpaired) electrons. The maximum Gasteiger partial charge on any atom is 0.231 e. The summed E-state index contributed by atoms with van der Waals surface area (Å²) in [7, 11) is 1.74. The number of hydrogen-bond acceptors (Lipinski definition) is 5. The van der Waals surface area contributed by atoms with Crippen LogP contribution in [-0.2, 0) is 4.79 Å². The molecule has 120 valence electrons. The summed E-state index contributed by atoms with van der Waals surface area (Å²) in [6, 6.07) is 0.380. The molecule has 0 saturated heterocycles. The Labute approximate surface area is 135 Å². The SMILES string of the molecule is CN1C(=O)C(CCO)CN(C2CCCC2)c2nc(Cl)ncc21. The molecular weight excluding hydrogens is 304 g/mol. The quantitative estimate of drug-likeness (QED) is 0.859. The Hall–Kier alpha value is -1.40. The van der Waals surface area contributed by atoms with Crippen LogP contribution in [0.2, 0.25) is 5.28 Å². The molecule has 6 nitrogen and oxygen atoms in total. The number of aliphatic hydroxyl groups is 1. The Balaban J connectivity index is 2.04. The topological polar surface area (TPSA) is 69.6 Å². The van der Waals surface area contributed by atoms with Gasteiger partial charge in [-0.1, -0.05) is 12.8 Å². The van der Waals surface area contributed by atoms with Gasteiger partial charge < -0.3 is 14.9 Å². The molecule has 1 aromatic heterocycles. The lowest BCUT2D eigenvalue weighted by molar-refractivity contribution is -0.122. The van der Waals surface area contributed by atoms with Crippen molar-refractivity contribution in [3.05, 3.63) is 11.5 Å². The molecule has 3 rings (SSSR count). The summed E-state index contributed by atoms with van der Waals surface area (Å²) < 4.78 is 0. The van der Waals surface area contributed by atoms with Gasteiger partial charge in [0.1, 0.15) is 5.69 Å². The van der Waals surface area contributed by atoms with Crippen LogP contribution in [0.4, 0.5) is 11.5 Å². The summed E-state index contributed by atoms with van der Waals surface area (Å²) in [5.74, 6) is 0.508. The fraction of sp³-hybridized carbons (Fsp3) is 0.667. The first-order chi connectivity index (χ1) is 10.6. The van der Waals surface area contributed by atoms with Gasteiger partial charge in [-0.2, -0.15) is 4.98 Å². The molecule has 1 atom stereocenters. The Kier molecular flexibility index (Phi) is 4.49. The molecule has 1 aliphatic carbocycles. The van der Waals surface area contributed by atoms with Crippen molar-refractivity contribution >= 4 is 29.0 Å². The molecule has 0 aromatic carbocycles. The third kappa shape index (κ3) is 2.77. The fourth-order valence-corrected chi connectivity index (χ4v) is 3.63. The molecular formula is C15H21ClN4O2. The van der Waals surface area contributed by atoms with E-state index in [1.165, 1.54) is 12.8 Å². The van der Waals surface area contributed by atoms with Gasteiger partial charge in [0.15, 0.2) is 5.82 Å². The van der Waals surface area contributed by atoms with E-state index < -0.39 is 0 Å². The summed E-state index contributed by atoms with van der Waals surface area (Å²) in [6.07, 6.45) is 6.68. The second-order valence-corrected chi connectivity index (χ2v) is 6.38. The monoisotopic (exact) mass is 324 g/mol. The highest BCUT2D eigenvalue weighted by molar-refractivity contribution is 6.28. The lowest BCUT2D eigenvalue weighted by Crippen LogP contribution is -2.40. The van der Waals surface area contributed by atoms with Gasteiger partial charge in [-0.3, -0.25) is 4.79 Å². The summed E-state index contributed by atoms with van der Waals surface area (Å²) in [6.45, 7) is 0.584. The van der Waals surface area contributed by atoms with Crippen LogP contribution in [0.15, 0.2) is 6.20 Å². The van der Waals surface area contributed by atoms with Crippen LogP contribution in [0.3, 0.4) is 0 Å². The highest BCUT2D eigenvalue weighted by Gasteiger charge is 2.36. The van der Waals surface area contributed by atoms with E-state index in [4.69, 9.17) is 11.6 Å². The van der Waals surface area contributed by atoms with Gasteiger partial charge in [-0.25, -0.2) is 4.98 Å². The number of nitrogens with zero attached hydrogens (tertiary/aromatic N) is 4. The lowest BCUT2D eigenvalue weighted by Gasteiger charge is -2.31. The molecule has 0 spiro atoms. The van der Waals surface area contributed by atoms with Crippen molar-refractivity contribution in [3.8, 4) is 0 Å². The van der Waals surface area contributed by atoms with E-state index in [1.807, 2.05) is 0 Å². The zero-order chi connectivity index (χ0) is 15.7. The smallest absolute Gasteiger partial charge is 0.231 e. The number of fused-ring (bicyclic) bond motifs is 1. The van der Waals surface area contributed by atoms with E-state index in [0.717, 1.165) is 18.7 Å². The highest BCUT2D eigenvalue weighted by atomic mass is 35.5. The minimum absolute atomic E-state index is 0.00159. The van der Waals surface area contributed by atoms with Crippen molar-refractivity contribution in [1.29, 1.82) is 0 Å². The number of halogens is 1. The van der Waals surface area contributed by atoms with Gasteiger partial charge in [0.05, 0.1) is 12.1 Å². The molecule has 22 heavy (non-hydrogen) atoms. The maximum atomic E-state index is 12.6. The summed E-state index contributed by atoms with van der Waals surface area (Å²) in [5, 5.41) is 9.49. The third-order valence-corrected chi connectivity index (χ3v) is 4.88. The molecule has 1 fully saturated rings. The molecule has 1 N–H and O–H groups in total. The first-order valence-corrected chi connectivity index (χ1v) is 8.17. The van der Waals surface area contributed by atoms with Crippen LogP contribution in [0, 0.1) is 5.92 Å². The van der Waals surface area contributed by atoms with Gasteiger partial charge in [0, 0.05) is 26.2 Å². The van der Waals surface area contributed by atoms with Gasteiger partial charge in [-0.05, 0) is 30.9 Å². The first-order valence-electron chi connectivity index (χ1n) is 7.79. The Morgan fingerprint density at radius 1 is 1.41 bits per heavy atom. The number of rotatable bonds is 3. The number of anilines is 2. The van der Waals surface area contributed by atoms with Crippen molar-refractivity contribution in [2.45, 2.75) is 38.1 Å². The van der Waals surface area contributed by atoms with Crippen molar-refractivity contribution in [1.82, 2.24) is 9.97 Å². The number of amides is 1. The molecule has 2 aliphatic rings. The molecule has 2 heterocycles. The molecule has 7 heteroatoms. The number of hydrogen-bond donors (Lipinski definition) is 1. The van der Waals surface area contributed by atoms with Crippen LogP contribution in [-0.4, -0.2) is 47.2 Å². The van der Waals surface area contributed by atoms with E-state index in [1.54, 1.807) is 18.1 Å². The Morgan fingerprint density at radius 2 is 2.14 bits per heavy atom. The maximum absolute atomic E-state index is 12.6. The van der Waals surface area contributed by atoms with Gasteiger partial charge in [-0.15, -0.1) is 0 Å². The zero-order valence-corrected chi connectivity index (χ0v) is 13.5. The average molecular weight is 325 g/mol. The molecule has 1 saturated carbocycles. The van der Waals surface area contributed by atoms with Crippen molar-refractivity contribution in [2.24, 2.45) is 5.92 Å². The second-order valence-electron chi connectivity index (χ2n) is 6.04.